The van der Waals surface area contributed by atoms with Gasteiger partial charge in [-0.15, -0.1) is 0 Å². The van der Waals surface area contributed by atoms with Gasteiger partial charge in [0.1, 0.15) is 0 Å². The summed E-state index contributed by atoms with van der Waals surface area (Å²) in [5.74, 6) is -0.381. The molecule has 1 amide bonds. The highest BCUT2D eigenvalue weighted by molar-refractivity contribution is 7.88. The van der Waals surface area contributed by atoms with Crippen LogP contribution in [-0.4, -0.2) is 72.6 Å². The first-order valence-corrected chi connectivity index (χ1v) is 7.52. The van der Waals surface area contributed by atoms with Crippen LogP contribution in [-0.2, 0) is 14.8 Å². The second kappa shape index (κ2) is 5.63. The number of aromatic amines is 1. The van der Waals surface area contributed by atoms with E-state index in [0.717, 1.165) is 6.26 Å². The zero-order valence-corrected chi connectivity index (χ0v) is 11.2. The monoisotopic (exact) mass is 289 g/mol. The number of amides is 1. The summed E-state index contributed by atoms with van der Waals surface area (Å²) in [6.45, 7) is 1.11. The molecule has 1 aliphatic rings. The van der Waals surface area contributed by atoms with E-state index in [1.807, 2.05) is 0 Å². The molecule has 2 heterocycles. The highest BCUT2D eigenvalue weighted by atomic mass is 32.2. The van der Waals surface area contributed by atoms with Gasteiger partial charge in [0.15, 0.2) is 5.69 Å². The average molecular weight is 289 g/mol. The summed E-state index contributed by atoms with van der Waals surface area (Å²) in [5.41, 5.74) is 0.177. The largest absolute Gasteiger partial charge is 0.374 e. The van der Waals surface area contributed by atoms with Crippen molar-refractivity contribution in [2.24, 2.45) is 0 Å². The van der Waals surface area contributed by atoms with Gasteiger partial charge in [0.2, 0.25) is 10.0 Å². The molecule has 0 saturated carbocycles. The molecule has 1 aromatic heterocycles. The van der Waals surface area contributed by atoms with Crippen LogP contribution in [0.5, 0.6) is 0 Å². The summed E-state index contributed by atoms with van der Waals surface area (Å²) in [7, 11) is -3.23. The van der Waals surface area contributed by atoms with E-state index in [4.69, 9.17) is 4.74 Å². The first-order chi connectivity index (χ1) is 8.97. The van der Waals surface area contributed by atoms with Gasteiger partial charge in [-0.2, -0.15) is 19.7 Å². The molecular weight excluding hydrogens is 274 g/mol. The number of carbonyl (C=O) groups is 1. The Labute approximate surface area is 110 Å². The van der Waals surface area contributed by atoms with Gasteiger partial charge in [-0.25, -0.2) is 8.42 Å². The van der Waals surface area contributed by atoms with E-state index in [0.29, 0.717) is 13.2 Å². The van der Waals surface area contributed by atoms with Crippen molar-refractivity contribution in [3.63, 3.8) is 0 Å². The minimum atomic E-state index is -3.23. The van der Waals surface area contributed by atoms with E-state index < -0.39 is 10.0 Å². The molecule has 1 unspecified atom stereocenters. The average Bonchev–Trinajstić information content (AvgIpc) is 2.89. The molecular formula is C9H15N5O4S. The van der Waals surface area contributed by atoms with E-state index >= 15 is 0 Å². The third kappa shape index (κ3) is 3.72. The second-order valence-electron chi connectivity index (χ2n) is 4.18. The second-order valence-corrected chi connectivity index (χ2v) is 6.16. The lowest BCUT2D eigenvalue weighted by atomic mass is 10.3. The molecule has 1 atom stereocenters. The van der Waals surface area contributed by atoms with Gasteiger partial charge in [0, 0.05) is 19.6 Å². The lowest BCUT2D eigenvalue weighted by molar-refractivity contribution is 0.000411. The zero-order chi connectivity index (χ0) is 13.9. The number of morpholine rings is 1. The number of carbonyl (C=O) groups excluding carboxylic acids is 1. The molecule has 9 nitrogen and oxygen atoms in total. The van der Waals surface area contributed by atoms with Crippen molar-refractivity contribution in [1.82, 2.24) is 25.0 Å². The fourth-order valence-corrected chi connectivity index (χ4v) is 2.57. The lowest BCUT2D eigenvalue weighted by Crippen LogP contribution is -2.49. The fourth-order valence-electron chi connectivity index (χ4n) is 1.73. The summed E-state index contributed by atoms with van der Waals surface area (Å²) in [5, 5.41) is 12.1. The van der Waals surface area contributed by atoms with Crippen LogP contribution in [0.15, 0.2) is 6.20 Å². The zero-order valence-electron chi connectivity index (χ0n) is 10.4. The molecule has 0 aliphatic carbocycles. The van der Waals surface area contributed by atoms with Crippen LogP contribution in [0.3, 0.4) is 0 Å². The van der Waals surface area contributed by atoms with Gasteiger partial charge >= 0.3 is 0 Å². The van der Waals surface area contributed by atoms with Crippen molar-refractivity contribution in [2.75, 3.05) is 32.5 Å². The van der Waals surface area contributed by atoms with Gasteiger partial charge in [-0.05, 0) is 0 Å². The molecule has 19 heavy (non-hydrogen) atoms. The van der Waals surface area contributed by atoms with Crippen LogP contribution in [0.2, 0.25) is 0 Å². The third-order valence-electron chi connectivity index (χ3n) is 2.71. The van der Waals surface area contributed by atoms with E-state index in [-0.39, 0.29) is 30.8 Å². The maximum Gasteiger partial charge on any atom is 0.273 e. The van der Waals surface area contributed by atoms with Gasteiger partial charge in [-0.1, -0.05) is 0 Å². The van der Waals surface area contributed by atoms with Gasteiger partial charge in [0.05, 0.1) is 25.2 Å². The summed E-state index contributed by atoms with van der Waals surface area (Å²) in [6, 6.07) is 0. The first kappa shape index (κ1) is 13.9. The number of sulfonamides is 1. The standard InChI is InChI=1S/C9H15N5O4S/c1-19(16,17)14-2-3-18-7(6-14)4-10-9(15)8-5-11-13-12-8/h5,7H,2-4,6H2,1H3,(H,10,15)(H,11,12,13). The Morgan fingerprint density at radius 1 is 1.68 bits per heavy atom. The molecule has 0 aromatic carbocycles. The highest BCUT2D eigenvalue weighted by Crippen LogP contribution is 2.08. The van der Waals surface area contributed by atoms with Crippen molar-refractivity contribution in [1.29, 1.82) is 0 Å². The predicted octanol–water partition coefficient (Wildman–Crippen LogP) is -1.81. The van der Waals surface area contributed by atoms with E-state index in [1.165, 1.54) is 10.5 Å². The Morgan fingerprint density at radius 2 is 2.47 bits per heavy atom. The molecule has 1 fully saturated rings. The maximum absolute atomic E-state index is 11.6. The van der Waals surface area contributed by atoms with Crippen LogP contribution in [0.1, 0.15) is 10.5 Å². The number of nitrogens with one attached hydrogen (secondary N) is 2. The molecule has 2 N–H and O–H groups in total. The molecule has 0 radical (unpaired) electrons. The van der Waals surface area contributed by atoms with Crippen molar-refractivity contribution in [2.45, 2.75) is 6.10 Å². The number of rotatable bonds is 4. The van der Waals surface area contributed by atoms with Gasteiger partial charge < -0.3 is 10.1 Å². The Hall–Kier alpha value is -1.52. The molecule has 1 saturated heterocycles. The summed E-state index contributed by atoms with van der Waals surface area (Å²) in [4.78, 5) is 11.6. The van der Waals surface area contributed by atoms with Crippen LogP contribution < -0.4 is 5.32 Å². The fraction of sp³-hybridized carbons (Fsp3) is 0.667. The maximum atomic E-state index is 11.6. The smallest absolute Gasteiger partial charge is 0.273 e. The minimum Gasteiger partial charge on any atom is -0.374 e. The molecule has 2 rings (SSSR count). The third-order valence-corrected chi connectivity index (χ3v) is 3.98. The highest BCUT2D eigenvalue weighted by Gasteiger charge is 2.26. The molecule has 1 aliphatic heterocycles. The minimum absolute atomic E-state index is 0.177. The molecule has 10 heteroatoms. The summed E-state index contributed by atoms with van der Waals surface area (Å²) < 4.78 is 29.6. The number of nitrogens with zero attached hydrogens (tertiary/aromatic N) is 3. The topological polar surface area (TPSA) is 117 Å². The normalized spacial score (nSPS) is 21.2. The summed E-state index contributed by atoms with van der Waals surface area (Å²) in [6.07, 6.45) is 2.10. The van der Waals surface area contributed by atoms with Crippen LogP contribution >= 0.6 is 0 Å². The Bertz CT molecular complexity index is 529. The predicted molar refractivity (Wildman–Crippen MR) is 64.9 cm³/mol. The quantitative estimate of drug-likeness (QED) is 0.675. The van der Waals surface area contributed by atoms with Crippen molar-refractivity contribution in [3.05, 3.63) is 11.9 Å². The Kier molecular flexibility index (Phi) is 4.12. The number of ether oxygens (including phenoxy) is 1. The number of aromatic nitrogens is 3. The number of hydrogen-bond acceptors (Lipinski definition) is 6. The number of hydrogen-bond donors (Lipinski definition) is 2. The molecule has 0 bridgehead atoms. The van der Waals surface area contributed by atoms with E-state index in [2.05, 4.69) is 20.7 Å². The Balaban J connectivity index is 1.85. The molecule has 106 valence electrons. The van der Waals surface area contributed by atoms with Crippen molar-refractivity contribution >= 4 is 15.9 Å². The van der Waals surface area contributed by atoms with Crippen LogP contribution in [0, 0.1) is 0 Å². The van der Waals surface area contributed by atoms with Crippen LogP contribution in [0.4, 0.5) is 0 Å². The lowest BCUT2D eigenvalue weighted by Gasteiger charge is -2.31. The SMILES string of the molecule is CS(=O)(=O)N1CCOC(CNC(=O)c2cn[nH]n2)C1. The van der Waals surface area contributed by atoms with Crippen molar-refractivity contribution < 1.29 is 17.9 Å². The van der Waals surface area contributed by atoms with E-state index in [1.54, 1.807) is 0 Å². The van der Waals surface area contributed by atoms with Crippen LogP contribution in [0.25, 0.3) is 0 Å². The Morgan fingerprint density at radius 3 is 3.11 bits per heavy atom. The van der Waals surface area contributed by atoms with Gasteiger partial charge in [-0.3, -0.25) is 4.79 Å². The molecule has 0 spiro atoms. The number of H-pyrrole nitrogens is 1. The van der Waals surface area contributed by atoms with E-state index in [9.17, 15) is 13.2 Å². The van der Waals surface area contributed by atoms with Gasteiger partial charge in [0.25, 0.3) is 5.91 Å². The molecule has 1 aromatic rings. The summed E-state index contributed by atoms with van der Waals surface area (Å²) >= 11 is 0. The first-order valence-electron chi connectivity index (χ1n) is 5.67. The van der Waals surface area contributed by atoms with Crippen molar-refractivity contribution in [3.8, 4) is 0 Å².